The fourth-order valence-electron chi connectivity index (χ4n) is 5.17. The third-order valence-electron chi connectivity index (χ3n) is 7.50. The molecule has 0 saturated carbocycles. The van der Waals surface area contributed by atoms with E-state index < -0.39 is 0 Å². The predicted octanol–water partition coefficient (Wildman–Crippen LogP) is 9.07. The minimum absolute atomic E-state index is 0.154. The molecule has 3 heteroatoms. The molecular formula is C41H40O3. The van der Waals surface area contributed by atoms with E-state index in [0.717, 1.165) is 87.4 Å². The Hall–Kier alpha value is -4.70. The summed E-state index contributed by atoms with van der Waals surface area (Å²) in [6, 6.07) is 31.3. The van der Waals surface area contributed by atoms with Crippen molar-refractivity contribution in [3.8, 4) is 35.2 Å². The van der Waals surface area contributed by atoms with Crippen molar-refractivity contribution in [2.75, 3.05) is 13.2 Å². The molecule has 222 valence electrons. The Kier molecular flexibility index (Phi) is 10.6. The standard InChI is InChI=1S/C41H40O3/c1-4-34-25-31(9-10-32-13-18-39-29-41(44-30(2)3)22-20-37(39)26-32)11-15-35(34)16-12-33-14-17-38-28-40(21-19-36(38)27-33)43-24-8-6-5-7-23-42/h11,13-15,17-22,25-30,42H,4-8,23-24H2,1-3H3. The molecule has 5 aromatic carbocycles. The van der Waals surface area contributed by atoms with Gasteiger partial charge in [-0.15, -0.1) is 0 Å². The summed E-state index contributed by atoms with van der Waals surface area (Å²) >= 11 is 0. The van der Waals surface area contributed by atoms with E-state index in [0.29, 0.717) is 6.61 Å². The minimum atomic E-state index is 0.154. The van der Waals surface area contributed by atoms with Crippen molar-refractivity contribution in [2.24, 2.45) is 0 Å². The lowest BCUT2D eigenvalue weighted by Gasteiger charge is -2.10. The average Bonchev–Trinajstić information content (AvgIpc) is 3.04. The maximum Gasteiger partial charge on any atom is 0.120 e. The zero-order chi connectivity index (χ0) is 30.7. The highest BCUT2D eigenvalue weighted by Crippen LogP contribution is 2.24. The molecule has 3 nitrogen and oxygen atoms in total. The van der Waals surface area contributed by atoms with Gasteiger partial charge in [-0.25, -0.2) is 0 Å². The second-order valence-electron chi connectivity index (χ2n) is 11.3. The molecular weight excluding hydrogens is 540 g/mol. The van der Waals surface area contributed by atoms with E-state index in [1.54, 1.807) is 0 Å². The molecule has 0 amide bonds. The van der Waals surface area contributed by atoms with Gasteiger partial charge < -0.3 is 14.6 Å². The molecule has 0 aliphatic carbocycles. The van der Waals surface area contributed by atoms with Crippen LogP contribution in [0.1, 0.15) is 74.3 Å². The van der Waals surface area contributed by atoms with Crippen LogP contribution < -0.4 is 9.47 Å². The van der Waals surface area contributed by atoms with E-state index in [4.69, 9.17) is 14.6 Å². The molecule has 0 heterocycles. The van der Waals surface area contributed by atoms with Crippen LogP contribution in [0.3, 0.4) is 0 Å². The molecule has 0 spiro atoms. The highest BCUT2D eigenvalue weighted by Gasteiger charge is 2.03. The van der Waals surface area contributed by atoms with Gasteiger partial charge in [-0.1, -0.05) is 61.3 Å². The molecule has 0 bridgehead atoms. The molecule has 0 radical (unpaired) electrons. The minimum Gasteiger partial charge on any atom is -0.494 e. The van der Waals surface area contributed by atoms with Gasteiger partial charge in [0.2, 0.25) is 0 Å². The fraction of sp³-hybridized carbons (Fsp3) is 0.268. The molecule has 0 saturated heterocycles. The first-order valence-electron chi connectivity index (χ1n) is 15.7. The van der Waals surface area contributed by atoms with Crippen LogP contribution in [0.2, 0.25) is 0 Å². The van der Waals surface area contributed by atoms with E-state index in [1.807, 2.05) is 26.0 Å². The largest absolute Gasteiger partial charge is 0.494 e. The summed E-state index contributed by atoms with van der Waals surface area (Å²) in [4.78, 5) is 0. The molecule has 0 atom stereocenters. The highest BCUT2D eigenvalue weighted by atomic mass is 16.5. The molecule has 1 N–H and O–H groups in total. The Labute approximate surface area is 261 Å². The summed E-state index contributed by atoms with van der Waals surface area (Å²) in [5.41, 5.74) is 5.19. The number of benzene rings is 5. The quantitative estimate of drug-likeness (QED) is 0.132. The van der Waals surface area contributed by atoms with Crippen molar-refractivity contribution in [1.82, 2.24) is 0 Å². The highest BCUT2D eigenvalue weighted by molar-refractivity contribution is 5.86. The van der Waals surface area contributed by atoms with Gasteiger partial charge in [-0.05, 0) is 133 Å². The van der Waals surface area contributed by atoms with Crippen LogP contribution in [0.5, 0.6) is 11.5 Å². The third kappa shape index (κ3) is 8.44. The van der Waals surface area contributed by atoms with Crippen molar-refractivity contribution in [3.63, 3.8) is 0 Å². The summed E-state index contributed by atoms with van der Waals surface area (Å²) < 4.78 is 11.8. The molecule has 5 aromatic rings. The second kappa shape index (κ2) is 15.2. The predicted molar refractivity (Wildman–Crippen MR) is 182 cm³/mol. The Bertz CT molecular complexity index is 1860. The van der Waals surface area contributed by atoms with Gasteiger partial charge in [0, 0.05) is 28.9 Å². The SMILES string of the molecule is CCc1cc(C#Cc2ccc3cc(OC(C)C)ccc3c2)ccc1C#Cc1ccc2cc(OCCCCCCO)ccc2c1. The number of unbranched alkanes of at least 4 members (excludes halogenated alkanes) is 3. The van der Waals surface area contributed by atoms with Gasteiger partial charge in [0.1, 0.15) is 11.5 Å². The maximum absolute atomic E-state index is 8.89. The van der Waals surface area contributed by atoms with Gasteiger partial charge >= 0.3 is 0 Å². The molecule has 0 aliphatic rings. The van der Waals surface area contributed by atoms with Crippen molar-refractivity contribution in [2.45, 2.75) is 59.0 Å². The summed E-state index contributed by atoms with van der Waals surface area (Å²) in [5, 5.41) is 13.5. The third-order valence-corrected chi connectivity index (χ3v) is 7.50. The summed E-state index contributed by atoms with van der Waals surface area (Å²) in [7, 11) is 0. The van der Waals surface area contributed by atoms with Crippen LogP contribution in [0.25, 0.3) is 21.5 Å². The number of ether oxygens (including phenoxy) is 2. The van der Waals surface area contributed by atoms with E-state index in [-0.39, 0.29) is 12.7 Å². The van der Waals surface area contributed by atoms with E-state index >= 15 is 0 Å². The van der Waals surface area contributed by atoms with Gasteiger partial charge in [-0.2, -0.15) is 0 Å². The Morgan fingerprint density at radius 3 is 1.80 bits per heavy atom. The number of hydrogen-bond donors (Lipinski definition) is 1. The van der Waals surface area contributed by atoms with Crippen LogP contribution in [0.4, 0.5) is 0 Å². The topological polar surface area (TPSA) is 38.7 Å². The zero-order valence-corrected chi connectivity index (χ0v) is 26.0. The van der Waals surface area contributed by atoms with E-state index in [2.05, 4.69) is 109 Å². The smallest absolute Gasteiger partial charge is 0.120 e. The van der Waals surface area contributed by atoms with Crippen molar-refractivity contribution < 1.29 is 14.6 Å². The number of rotatable bonds is 10. The normalized spacial score (nSPS) is 10.8. The number of aryl methyl sites for hydroxylation is 1. The first-order chi connectivity index (χ1) is 21.5. The first kappa shape index (κ1) is 30.7. The number of aliphatic hydroxyl groups excluding tert-OH is 1. The monoisotopic (exact) mass is 580 g/mol. The van der Waals surface area contributed by atoms with Crippen LogP contribution in [-0.4, -0.2) is 24.4 Å². The van der Waals surface area contributed by atoms with Crippen LogP contribution in [-0.2, 0) is 6.42 Å². The van der Waals surface area contributed by atoms with Crippen LogP contribution in [0, 0.1) is 23.7 Å². The Morgan fingerprint density at radius 2 is 1.14 bits per heavy atom. The van der Waals surface area contributed by atoms with Crippen LogP contribution in [0.15, 0.2) is 91.0 Å². The lowest BCUT2D eigenvalue weighted by Crippen LogP contribution is -2.05. The summed E-state index contributed by atoms with van der Waals surface area (Å²) in [5.74, 6) is 15.2. The molecule has 0 aromatic heterocycles. The van der Waals surface area contributed by atoms with Gasteiger partial charge in [0.05, 0.1) is 12.7 Å². The second-order valence-corrected chi connectivity index (χ2v) is 11.3. The maximum atomic E-state index is 8.89. The summed E-state index contributed by atoms with van der Waals surface area (Å²) in [6.45, 7) is 7.19. The van der Waals surface area contributed by atoms with Crippen molar-refractivity contribution in [3.05, 3.63) is 119 Å². The van der Waals surface area contributed by atoms with Crippen LogP contribution >= 0.6 is 0 Å². The number of hydrogen-bond acceptors (Lipinski definition) is 3. The van der Waals surface area contributed by atoms with Gasteiger partial charge in [0.15, 0.2) is 0 Å². The number of aliphatic hydroxyl groups is 1. The van der Waals surface area contributed by atoms with Crippen molar-refractivity contribution in [1.29, 1.82) is 0 Å². The average molecular weight is 581 g/mol. The molecule has 5 rings (SSSR count). The molecule has 44 heavy (non-hydrogen) atoms. The lowest BCUT2D eigenvalue weighted by atomic mass is 10.0. The van der Waals surface area contributed by atoms with E-state index in [9.17, 15) is 0 Å². The molecule has 0 unspecified atom stereocenters. The molecule has 0 aliphatic heterocycles. The molecule has 0 fully saturated rings. The van der Waals surface area contributed by atoms with Crippen molar-refractivity contribution >= 4 is 21.5 Å². The zero-order valence-electron chi connectivity index (χ0n) is 26.0. The first-order valence-corrected chi connectivity index (χ1v) is 15.7. The van der Waals surface area contributed by atoms with Gasteiger partial charge in [0.25, 0.3) is 0 Å². The number of fused-ring (bicyclic) bond motifs is 2. The summed E-state index contributed by atoms with van der Waals surface area (Å²) in [6.07, 6.45) is 5.03. The Morgan fingerprint density at radius 1 is 0.591 bits per heavy atom. The van der Waals surface area contributed by atoms with Gasteiger partial charge in [-0.3, -0.25) is 0 Å². The Balaban J connectivity index is 1.25. The van der Waals surface area contributed by atoms with E-state index in [1.165, 1.54) is 5.56 Å². The fourth-order valence-corrected chi connectivity index (χ4v) is 5.17. The lowest BCUT2D eigenvalue weighted by molar-refractivity contribution is 0.243.